The van der Waals surface area contributed by atoms with E-state index in [0.717, 1.165) is 4.88 Å². The molecule has 0 bridgehead atoms. The van der Waals surface area contributed by atoms with Crippen LogP contribution in [0.4, 0.5) is 0 Å². The van der Waals surface area contributed by atoms with Crippen LogP contribution in [0.1, 0.15) is 29.1 Å². The van der Waals surface area contributed by atoms with Crippen LogP contribution in [0.25, 0.3) is 0 Å². The van der Waals surface area contributed by atoms with E-state index < -0.39 is 10.0 Å². The molecule has 1 amide bonds. The van der Waals surface area contributed by atoms with E-state index in [1.165, 1.54) is 16.4 Å². The maximum absolute atomic E-state index is 12.7. The van der Waals surface area contributed by atoms with Gasteiger partial charge < -0.3 is 4.90 Å². The van der Waals surface area contributed by atoms with Crippen molar-refractivity contribution in [3.63, 3.8) is 0 Å². The molecular weight excluding hydrogens is 380 g/mol. The summed E-state index contributed by atoms with van der Waals surface area (Å²) in [7, 11) is -2.04. The van der Waals surface area contributed by atoms with Gasteiger partial charge in [-0.15, -0.1) is 11.3 Å². The smallest absolute Gasteiger partial charge is 0.253 e. The summed E-state index contributed by atoms with van der Waals surface area (Å²) < 4.78 is 26.8. The Labute approximate surface area is 157 Å². The lowest BCUT2D eigenvalue weighted by Crippen LogP contribution is -2.31. The minimum absolute atomic E-state index is 0.0340. The normalized spacial score (nSPS) is 11.7. The van der Waals surface area contributed by atoms with Gasteiger partial charge in [-0.2, -0.15) is 4.31 Å². The molecule has 8 heteroatoms. The Morgan fingerprint density at radius 1 is 1.20 bits per heavy atom. The van der Waals surface area contributed by atoms with E-state index in [0.29, 0.717) is 25.2 Å². The molecule has 0 saturated carbocycles. The number of carbonyl (C=O) groups excluding carboxylic acids is 1. The molecule has 0 N–H and O–H groups in total. The Hall–Kier alpha value is -1.41. The lowest BCUT2D eigenvalue weighted by Gasteiger charge is -2.21. The average molecular weight is 401 g/mol. The van der Waals surface area contributed by atoms with E-state index in [1.807, 2.05) is 17.5 Å². The summed E-state index contributed by atoms with van der Waals surface area (Å²) in [5.74, 6) is -0.249. The fourth-order valence-corrected chi connectivity index (χ4v) is 5.18. The molecule has 2 aromatic rings. The van der Waals surface area contributed by atoms with Gasteiger partial charge in [0.1, 0.15) is 4.90 Å². The predicted octanol–water partition coefficient (Wildman–Crippen LogP) is 3.70. The number of amides is 1. The van der Waals surface area contributed by atoms with Crippen molar-refractivity contribution in [1.82, 2.24) is 9.21 Å². The Morgan fingerprint density at radius 2 is 1.88 bits per heavy atom. The fourth-order valence-electron chi connectivity index (χ4n) is 2.47. The van der Waals surface area contributed by atoms with E-state index in [2.05, 4.69) is 0 Å². The summed E-state index contributed by atoms with van der Waals surface area (Å²) >= 11 is 7.68. The number of nitrogens with zero attached hydrogens (tertiary/aromatic N) is 2. The molecule has 0 unspecified atom stereocenters. The molecule has 0 fully saturated rings. The highest BCUT2D eigenvalue weighted by molar-refractivity contribution is 7.89. The molecule has 1 aromatic heterocycles. The highest BCUT2D eigenvalue weighted by atomic mass is 35.5. The molecular formula is C17H21ClN2O3S2. The third-order valence-corrected chi connectivity index (χ3v) is 7.21. The number of rotatable bonds is 7. The molecule has 25 heavy (non-hydrogen) atoms. The highest BCUT2D eigenvalue weighted by Gasteiger charge is 2.26. The van der Waals surface area contributed by atoms with Gasteiger partial charge in [0.2, 0.25) is 10.0 Å². The Bertz CT molecular complexity index is 832. The maximum Gasteiger partial charge on any atom is 0.253 e. The van der Waals surface area contributed by atoms with Gasteiger partial charge in [0.25, 0.3) is 5.91 Å². The van der Waals surface area contributed by atoms with Gasteiger partial charge in [-0.05, 0) is 29.6 Å². The molecule has 0 aliphatic rings. The summed E-state index contributed by atoms with van der Waals surface area (Å²) in [5, 5.41) is 2.06. The van der Waals surface area contributed by atoms with Crippen LogP contribution in [-0.2, 0) is 16.6 Å². The first-order valence-electron chi connectivity index (χ1n) is 7.88. The molecule has 0 atom stereocenters. The van der Waals surface area contributed by atoms with Crippen molar-refractivity contribution < 1.29 is 13.2 Å². The monoisotopic (exact) mass is 400 g/mol. The second-order valence-corrected chi connectivity index (χ2v) is 8.82. The summed E-state index contributed by atoms with van der Waals surface area (Å²) in [5.41, 5.74) is 0.300. The number of sulfonamides is 1. The van der Waals surface area contributed by atoms with Gasteiger partial charge in [0.05, 0.1) is 11.6 Å². The standard InChI is InChI=1S/C17H21ClN2O3S2/c1-4-20(5-2)25(22,23)16-11-13(8-9-15(16)18)17(21)19(3)12-14-7-6-10-24-14/h6-11H,4-5,12H2,1-3H3. The first kappa shape index (κ1) is 19.9. The molecule has 0 saturated heterocycles. The summed E-state index contributed by atoms with van der Waals surface area (Å²) in [6.07, 6.45) is 0. The third-order valence-electron chi connectivity index (χ3n) is 3.82. The first-order chi connectivity index (χ1) is 11.8. The van der Waals surface area contributed by atoms with Crippen LogP contribution in [0.15, 0.2) is 40.6 Å². The Kier molecular flexibility index (Phi) is 6.62. The van der Waals surface area contributed by atoms with Crippen molar-refractivity contribution in [3.8, 4) is 0 Å². The summed E-state index contributed by atoms with van der Waals surface area (Å²) in [6, 6.07) is 8.26. The van der Waals surface area contributed by atoms with Gasteiger partial charge in [-0.1, -0.05) is 31.5 Å². The van der Waals surface area contributed by atoms with Crippen molar-refractivity contribution in [2.75, 3.05) is 20.1 Å². The molecule has 1 heterocycles. The molecule has 0 aliphatic carbocycles. The maximum atomic E-state index is 12.7. The van der Waals surface area contributed by atoms with Crippen molar-refractivity contribution in [2.24, 2.45) is 0 Å². The zero-order valence-electron chi connectivity index (χ0n) is 14.4. The zero-order chi connectivity index (χ0) is 18.6. The van der Waals surface area contributed by atoms with Gasteiger partial charge >= 0.3 is 0 Å². The second kappa shape index (κ2) is 8.31. The van der Waals surface area contributed by atoms with Crippen molar-refractivity contribution in [3.05, 3.63) is 51.2 Å². The molecule has 0 radical (unpaired) electrons. The largest absolute Gasteiger partial charge is 0.337 e. The van der Waals surface area contributed by atoms with Crippen LogP contribution in [0.5, 0.6) is 0 Å². The fraction of sp³-hybridized carbons (Fsp3) is 0.353. The summed E-state index contributed by atoms with van der Waals surface area (Å²) in [6.45, 7) is 4.67. The van der Waals surface area contributed by atoms with Gasteiger partial charge in [0.15, 0.2) is 0 Å². The molecule has 0 spiro atoms. The quantitative estimate of drug-likeness (QED) is 0.711. The topological polar surface area (TPSA) is 57.7 Å². The molecule has 0 aliphatic heterocycles. The minimum Gasteiger partial charge on any atom is -0.337 e. The number of hydrogen-bond acceptors (Lipinski definition) is 4. The van der Waals surface area contributed by atoms with Gasteiger partial charge in [0, 0.05) is 30.6 Å². The van der Waals surface area contributed by atoms with Crippen LogP contribution < -0.4 is 0 Å². The molecule has 136 valence electrons. The van der Waals surface area contributed by atoms with E-state index in [4.69, 9.17) is 11.6 Å². The SMILES string of the molecule is CCN(CC)S(=O)(=O)c1cc(C(=O)N(C)Cc2cccs2)ccc1Cl. The van der Waals surface area contributed by atoms with Crippen LogP contribution in [-0.4, -0.2) is 43.7 Å². The number of thiophene rings is 1. The third kappa shape index (κ3) is 4.41. The number of hydrogen-bond donors (Lipinski definition) is 0. The molecule has 2 rings (SSSR count). The van der Waals surface area contributed by atoms with E-state index in [-0.39, 0.29) is 15.8 Å². The van der Waals surface area contributed by atoms with Crippen molar-refractivity contribution in [2.45, 2.75) is 25.3 Å². The first-order valence-corrected chi connectivity index (χ1v) is 10.6. The molecule has 1 aromatic carbocycles. The second-order valence-electron chi connectivity index (χ2n) is 5.48. The lowest BCUT2D eigenvalue weighted by molar-refractivity contribution is 0.0786. The van der Waals surface area contributed by atoms with Crippen LogP contribution in [0, 0.1) is 0 Å². The Balaban J connectivity index is 2.33. The average Bonchev–Trinajstić information content (AvgIpc) is 3.08. The van der Waals surface area contributed by atoms with Crippen molar-refractivity contribution >= 4 is 38.9 Å². The number of halogens is 1. The Morgan fingerprint density at radius 3 is 2.44 bits per heavy atom. The lowest BCUT2D eigenvalue weighted by atomic mass is 10.2. The van der Waals surface area contributed by atoms with Gasteiger partial charge in [-0.3, -0.25) is 4.79 Å². The minimum atomic E-state index is -3.73. The number of carbonyl (C=O) groups is 1. The number of benzene rings is 1. The van der Waals surface area contributed by atoms with Crippen LogP contribution in [0.3, 0.4) is 0 Å². The summed E-state index contributed by atoms with van der Waals surface area (Å²) in [4.78, 5) is 15.2. The predicted molar refractivity (Wildman–Crippen MR) is 102 cm³/mol. The van der Waals surface area contributed by atoms with Crippen LogP contribution in [0.2, 0.25) is 5.02 Å². The molecule has 5 nitrogen and oxygen atoms in total. The van der Waals surface area contributed by atoms with Crippen LogP contribution >= 0.6 is 22.9 Å². The zero-order valence-corrected chi connectivity index (χ0v) is 16.8. The highest BCUT2D eigenvalue weighted by Crippen LogP contribution is 2.26. The van der Waals surface area contributed by atoms with Crippen molar-refractivity contribution in [1.29, 1.82) is 0 Å². The van der Waals surface area contributed by atoms with Gasteiger partial charge in [-0.25, -0.2) is 8.42 Å². The van der Waals surface area contributed by atoms with E-state index in [1.54, 1.807) is 43.2 Å². The van der Waals surface area contributed by atoms with E-state index >= 15 is 0 Å². The van der Waals surface area contributed by atoms with E-state index in [9.17, 15) is 13.2 Å².